The lowest BCUT2D eigenvalue weighted by Crippen LogP contribution is -2.37. The van der Waals surface area contributed by atoms with Crippen molar-refractivity contribution in [2.75, 3.05) is 20.8 Å². The summed E-state index contributed by atoms with van der Waals surface area (Å²) in [6.07, 6.45) is 5.51. The molecule has 0 spiro atoms. The van der Waals surface area contributed by atoms with Crippen molar-refractivity contribution in [3.8, 4) is 17.2 Å². The van der Waals surface area contributed by atoms with Gasteiger partial charge >= 0.3 is 0 Å². The van der Waals surface area contributed by atoms with Crippen LogP contribution in [0.4, 0.5) is 0 Å². The largest absolute Gasteiger partial charge is 0.506 e. The fourth-order valence-corrected chi connectivity index (χ4v) is 3.73. The van der Waals surface area contributed by atoms with E-state index in [1.54, 1.807) is 14.2 Å². The molecule has 0 radical (unpaired) electrons. The number of benzene rings is 1. The van der Waals surface area contributed by atoms with Gasteiger partial charge in [-0.05, 0) is 34.8 Å². The molecule has 20 heavy (non-hydrogen) atoms. The molecule has 1 aromatic rings. The molecule has 1 fully saturated rings. The number of hydrogen-bond donors (Lipinski definition) is 2. The van der Waals surface area contributed by atoms with Crippen LogP contribution in [0, 0.1) is 0 Å². The summed E-state index contributed by atoms with van der Waals surface area (Å²) in [5.41, 5.74) is 6.76. The van der Waals surface area contributed by atoms with E-state index in [2.05, 4.69) is 15.9 Å². The Morgan fingerprint density at radius 2 is 1.90 bits per heavy atom. The number of nitrogens with two attached hydrogens (primary N) is 1. The average molecular weight is 344 g/mol. The maximum Gasteiger partial charge on any atom is 0.178 e. The summed E-state index contributed by atoms with van der Waals surface area (Å²) >= 11 is 3.41. The van der Waals surface area contributed by atoms with Crippen LogP contribution in [0.2, 0.25) is 0 Å². The second kappa shape index (κ2) is 6.22. The molecular weight excluding hydrogens is 322 g/mol. The molecule has 0 bridgehead atoms. The van der Waals surface area contributed by atoms with Gasteiger partial charge < -0.3 is 20.3 Å². The molecule has 0 aromatic heterocycles. The molecule has 0 saturated heterocycles. The highest BCUT2D eigenvalue weighted by Crippen LogP contribution is 2.50. The van der Waals surface area contributed by atoms with Crippen molar-refractivity contribution < 1.29 is 14.6 Å². The first-order valence-corrected chi connectivity index (χ1v) is 7.73. The van der Waals surface area contributed by atoms with Crippen LogP contribution in [0.5, 0.6) is 17.2 Å². The molecule has 112 valence electrons. The SMILES string of the molecule is COc1cc(C2(CN)CCCCC2)c(O)c(Br)c1OC. The smallest absolute Gasteiger partial charge is 0.178 e. The number of halogens is 1. The maximum absolute atomic E-state index is 10.5. The van der Waals surface area contributed by atoms with E-state index in [4.69, 9.17) is 15.2 Å². The number of phenols is 1. The third-order valence-corrected chi connectivity index (χ3v) is 5.09. The van der Waals surface area contributed by atoms with Gasteiger partial charge in [0.25, 0.3) is 0 Å². The first kappa shape index (κ1) is 15.4. The van der Waals surface area contributed by atoms with Gasteiger partial charge in [0.15, 0.2) is 11.5 Å². The molecule has 1 aliphatic carbocycles. The third-order valence-electron chi connectivity index (χ3n) is 4.36. The Labute approximate surface area is 128 Å². The Hall–Kier alpha value is -0.940. The molecule has 3 N–H and O–H groups in total. The molecule has 0 atom stereocenters. The van der Waals surface area contributed by atoms with Crippen molar-refractivity contribution in [2.45, 2.75) is 37.5 Å². The minimum absolute atomic E-state index is 0.162. The number of hydrogen-bond acceptors (Lipinski definition) is 4. The quantitative estimate of drug-likeness (QED) is 0.879. The second-order valence-electron chi connectivity index (χ2n) is 5.37. The predicted octanol–water partition coefficient (Wildman–Crippen LogP) is 3.33. The molecule has 1 aromatic carbocycles. The number of rotatable bonds is 4. The van der Waals surface area contributed by atoms with Crippen LogP contribution in [-0.2, 0) is 5.41 Å². The molecule has 5 heteroatoms. The predicted molar refractivity (Wildman–Crippen MR) is 82.7 cm³/mol. The zero-order chi connectivity index (χ0) is 14.8. The molecule has 4 nitrogen and oxygen atoms in total. The van der Waals surface area contributed by atoms with Crippen molar-refractivity contribution in [3.05, 3.63) is 16.1 Å². The van der Waals surface area contributed by atoms with Crippen LogP contribution in [0.1, 0.15) is 37.7 Å². The standard InChI is InChI=1S/C15H22BrNO3/c1-19-11-8-10(13(18)12(16)14(11)20-2)15(9-17)6-4-3-5-7-15/h8,18H,3-7,9,17H2,1-2H3. The highest BCUT2D eigenvalue weighted by Gasteiger charge is 2.36. The Morgan fingerprint density at radius 3 is 2.40 bits per heavy atom. The number of ether oxygens (including phenoxy) is 2. The Bertz CT molecular complexity index is 484. The average Bonchev–Trinajstić information content (AvgIpc) is 2.50. The lowest BCUT2D eigenvalue weighted by Gasteiger charge is -2.37. The van der Waals surface area contributed by atoms with Gasteiger partial charge in [-0.25, -0.2) is 0 Å². The number of phenolic OH excluding ortho intramolecular Hbond substituents is 1. The van der Waals surface area contributed by atoms with Gasteiger partial charge in [-0.1, -0.05) is 19.3 Å². The molecule has 0 aliphatic heterocycles. The zero-order valence-corrected chi connectivity index (χ0v) is 13.6. The van der Waals surface area contributed by atoms with Crippen LogP contribution in [0.3, 0.4) is 0 Å². The van der Waals surface area contributed by atoms with E-state index in [-0.39, 0.29) is 11.2 Å². The molecule has 2 rings (SSSR count). The monoisotopic (exact) mass is 343 g/mol. The summed E-state index contributed by atoms with van der Waals surface area (Å²) in [4.78, 5) is 0. The number of aromatic hydroxyl groups is 1. The minimum atomic E-state index is -0.162. The summed E-state index contributed by atoms with van der Waals surface area (Å²) in [5, 5.41) is 10.5. The Kier molecular flexibility index (Phi) is 4.81. The summed E-state index contributed by atoms with van der Waals surface area (Å²) in [6.45, 7) is 0.530. The second-order valence-corrected chi connectivity index (χ2v) is 6.16. The van der Waals surface area contributed by atoms with E-state index < -0.39 is 0 Å². The van der Waals surface area contributed by atoms with Crippen molar-refractivity contribution in [3.63, 3.8) is 0 Å². The Balaban J connectivity index is 2.58. The van der Waals surface area contributed by atoms with E-state index in [0.717, 1.165) is 31.2 Å². The molecule has 0 unspecified atom stereocenters. The highest BCUT2D eigenvalue weighted by atomic mass is 79.9. The van der Waals surface area contributed by atoms with Gasteiger partial charge in [0.05, 0.1) is 14.2 Å². The van der Waals surface area contributed by atoms with E-state index >= 15 is 0 Å². The third kappa shape index (κ3) is 2.49. The minimum Gasteiger partial charge on any atom is -0.506 e. The lowest BCUT2D eigenvalue weighted by atomic mass is 9.69. The molecule has 1 aliphatic rings. The van der Waals surface area contributed by atoms with E-state index in [0.29, 0.717) is 22.5 Å². The van der Waals surface area contributed by atoms with Crippen LogP contribution in [0.15, 0.2) is 10.5 Å². The van der Waals surface area contributed by atoms with Crippen molar-refractivity contribution >= 4 is 15.9 Å². The van der Waals surface area contributed by atoms with Crippen molar-refractivity contribution in [1.82, 2.24) is 0 Å². The van der Waals surface area contributed by atoms with Gasteiger partial charge in [-0.3, -0.25) is 0 Å². The van der Waals surface area contributed by atoms with E-state index in [9.17, 15) is 5.11 Å². The van der Waals surface area contributed by atoms with Gasteiger partial charge in [-0.2, -0.15) is 0 Å². The Morgan fingerprint density at radius 1 is 1.25 bits per heavy atom. The van der Waals surface area contributed by atoms with Crippen molar-refractivity contribution in [1.29, 1.82) is 0 Å². The summed E-state index contributed by atoms with van der Waals surface area (Å²) < 4.78 is 11.2. The molecule has 0 heterocycles. The maximum atomic E-state index is 10.5. The van der Waals surface area contributed by atoms with E-state index in [1.807, 2.05) is 6.07 Å². The van der Waals surface area contributed by atoms with Gasteiger partial charge in [0, 0.05) is 17.5 Å². The van der Waals surface area contributed by atoms with Crippen LogP contribution in [0.25, 0.3) is 0 Å². The van der Waals surface area contributed by atoms with Crippen molar-refractivity contribution in [2.24, 2.45) is 5.73 Å². The van der Waals surface area contributed by atoms with Gasteiger partial charge in [-0.15, -0.1) is 0 Å². The van der Waals surface area contributed by atoms with Gasteiger partial charge in [0.1, 0.15) is 10.2 Å². The molecular formula is C15H22BrNO3. The van der Waals surface area contributed by atoms with E-state index in [1.165, 1.54) is 6.42 Å². The summed E-state index contributed by atoms with van der Waals surface area (Å²) in [7, 11) is 3.15. The summed E-state index contributed by atoms with van der Waals surface area (Å²) in [5.74, 6) is 1.34. The molecule has 0 amide bonds. The number of methoxy groups -OCH3 is 2. The first-order valence-electron chi connectivity index (χ1n) is 6.93. The zero-order valence-electron chi connectivity index (χ0n) is 12.0. The van der Waals surface area contributed by atoms with Gasteiger partial charge in [0.2, 0.25) is 0 Å². The fourth-order valence-electron chi connectivity index (χ4n) is 3.16. The first-order chi connectivity index (χ1) is 9.59. The summed E-state index contributed by atoms with van der Waals surface area (Å²) in [6, 6.07) is 1.87. The molecule has 1 saturated carbocycles. The lowest BCUT2D eigenvalue weighted by molar-refractivity contribution is 0.286. The topological polar surface area (TPSA) is 64.7 Å². The van der Waals surface area contributed by atoms with Crippen LogP contribution < -0.4 is 15.2 Å². The highest BCUT2D eigenvalue weighted by molar-refractivity contribution is 9.10. The van der Waals surface area contributed by atoms with Crippen LogP contribution >= 0.6 is 15.9 Å². The normalized spacial score (nSPS) is 17.8. The van der Waals surface area contributed by atoms with Crippen LogP contribution in [-0.4, -0.2) is 25.9 Å². The fraction of sp³-hybridized carbons (Fsp3) is 0.600.